The first-order chi connectivity index (χ1) is 12.5. The summed E-state index contributed by atoms with van der Waals surface area (Å²) in [6.07, 6.45) is 1.67. The molecular weight excluding hydrogens is 330 g/mol. The number of ether oxygens (including phenoxy) is 1. The molecule has 1 saturated heterocycles. The summed E-state index contributed by atoms with van der Waals surface area (Å²) in [5.41, 5.74) is 3.46. The molecule has 1 N–H and O–H groups in total. The van der Waals surface area contributed by atoms with Crippen LogP contribution in [0.3, 0.4) is 0 Å². The van der Waals surface area contributed by atoms with Gasteiger partial charge in [0.25, 0.3) is 5.91 Å². The third-order valence-electron chi connectivity index (χ3n) is 4.49. The number of amides is 1. The number of aromatic nitrogens is 2. The first kappa shape index (κ1) is 18.1. The molecule has 0 unspecified atom stereocenters. The van der Waals surface area contributed by atoms with Crippen molar-refractivity contribution in [2.75, 3.05) is 55.5 Å². The summed E-state index contributed by atoms with van der Waals surface area (Å²) in [5.74, 6) is 1.17. The third kappa shape index (κ3) is 3.94. The molecule has 1 fully saturated rings. The average molecular weight is 355 g/mol. The molecule has 1 aromatic carbocycles. The summed E-state index contributed by atoms with van der Waals surface area (Å²) < 4.78 is 5.38. The minimum Gasteiger partial charge on any atom is -0.378 e. The van der Waals surface area contributed by atoms with E-state index in [0.717, 1.165) is 24.2 Å². The molecule has 26 heavy (non-hydrogen) atoms. The van der Waals surface area contributed by atoms with Crippen LogP contribution >= 0.6 is 0 Å². The maximum atomic E-state index is 12.6. The van der Waals surface area contributed by atoms with Crippen LogP contribution in [-0.4, -0.2) is 56.3 Å². The fraction of sp³-hybridized carbons (Fsp3) is 0.421. The van der Waals surface area contributed by atoms with E-state index in [1.807, 2.05) is 51.0 Å². The van der Waals surface area contributed by atoms with Gasteiger partial charge in [-0.3, -0.25) is 4.79 Å². The highest BCUT2D eigenvalue weighted by molar-refractivity contribution is 6.05. The van der Waals surface area contributed by atoms with Crippen LogP contribution in [0.15, 0.2) is 24.4 Å². The SMILES string of the molecule is Cc1ccc(C(=O)Nc2cnc(N3CCOCC3)nc2N(C)C)cc1C. The van der Waals surface area contributed by atoms with E-state index < -0.39 is 0 Å². The smallest absolute Gasteiger partial charge is 0.255 e. The number of hydrogen-bond donors (Lipinski definition) is 1. The molecule has 0 spiro atoms. The quantitative estimate of drug-likeness (QED) is 0.907. The molecule has 1 aliphatic rings. The molecule has 1 aromatic heterocycles. The normalized spacial score (nSPS) is 14.2. The van der Waals surface area contributed by atoms with Crippen molar-refractivity contribution in [3.8, 4) is 0 Å². The number of nitrogens with one attached hydrogen (secondary N) is 1. The van der Waals surface area contributed by atoms with Crippen LogP contribution in [0.4, 0.5) is 17.5 Å². The van der Waals surface area contributed by atoms with E-state index >= 15 is 0 Å². The fourth-order valence-corrected chi connectivity index (χ4v) is 2.79. The molecule has 7 heteroatoms. The van der Waals surface area contributed by atoms with E-state index in [1.54, 1.807) is 6.20 Å². The van der Waals surface area contributed by atoms with Crippen LogP contribution in [0.2, 0.25) is 0 Å². The van der Waals surface area contributed by atoms with Crippen LogP contribution in [-0.2, 0) is 4.74 Å². The summed E-state index contributed by atoms with van der Waals surface area (Å²) in [5, 5.41) is 2.94. The number of carbonyl (C=O) groups excluding carboxylic acids is 1. The van der Waals surface area contributed by atoms with Crippen molar-refractivity contribution in [2.24, 2.45) is 0 Å². The molecule has 138 valence electrons. The van der Waals surface area contributed by atoms with E-state index in [-0.39, 0.29) is 5.91 Å². The Balaban J connectivity index is 1.84. The van der Waals surface area contributed by atoms with Gasteiger partial charge in [0.1, 0.15) is 5.69 Å². The number of morpholine rings is 1. The first-order valence-electron chi connectivity index (χ1n) is 8.71. The van der Waals surface area contributed by atoms with Crippen molar-refractivity contribution in [3.05, 3.63) is 41.1 Å². The Bertz CT molecular complexity index is 801. The van der Waals surface area contributed by atoms with Crippen LogP contribution in [0, 0.1) is 13.8 Å². The van der Waals surface area contributed by atoms with Gasteiger partial charge in [-0.05, 0) is 37.1 Å². The Morgan fingerprint density at radius 3 is 2.58 bits per heavy atom. The highest BCUT2D eigenvalue weighted by Gasteiger charge is 2.18. The van der Waals surface area contributed by atoms with E-state index in [4.69, 9.17) is 4.74 Å². The Kier molecular flexibility index (Phi) is 5.37. The maximum Gasteiger partial charge on any atom is 0.255 e. The van der Waals surface area contributed by atoms with Gasteiger partial charge in [0.05, 0.1) is 19.4 Å². The number of carbonyl (C=O) groups is 1. The number of aryl methyl sites for hydroxylation is 2. The Morgan fingerprint density at radius 2 is 1.92 bits per heavy atom. The zero-order chi connectivity index (χ0) is 18.7. The van der Waals surface area contributed by atoms with Crippen molar-refractivity contribution in [1.82, 2.24) is 9.97 Å². The molecule has 2 heterocycles. The molecule has 3 rings (SSSR count). The largest absolute Gasteiger partial charge is 0.378 e. The zero-order valence-electron chi connectivity index (χ0n) is 15.7. The lowest BCUT2D eigenvalue weighted by Crippen LogP contribution is -2.37. The zero-order valence-corrected chi connectivity index (χ0v) is 15.7. The molecule has 0 radical (unpaired) electrons. The standard InChI is InChI=1S/C19H25N5O2/c1-13-5-6-15(11-14(13)2)18(25)21-16-12-20-19(22-17(16)23(3)4)24-7-9-26-10-8-24/h5-6,11-12H,7-10H2,1-4H3,(H,21,25). The maximum absolute atomic E-state index is 12.6. The molecule has 7 nitrogen and oxygen atoms in total. The summed E-state index contributed by atoms with van der Waals surface area (Å²) in [7, 11) is 3.80. The number of rotatable bonds is 4. The van der Waals surface area contributed by atoms with Crippen molar-refractivity contribution in [3.63, 3.8) is 0 Å². The van der Waals surface area contributed by atoms with Gasteiger partial charge in [-0.2, -0.15) is 4.98 Å². The second-order valence-corrected chi connectivity index (χ2v) is 6.65. The van der Waals surface area contributed by atoms with Crippen LogP contribution in [0.5, 0.6) is 0 Å². The molecule has 1 amide bonds. The van der Waals surface area contributed by atoms with E-state index in [1.165, 1.54) is 0 Å². The molecule has 0 saturated carbocycles. The number of benzene rings is 1. The van der Waals surface area contributed by atoms with Gasteiger partial charge in [0, 0.05) is 32.7 Å². The first-order valence-corrected chi connectivity index (χ1v) is 8.71. The van der Waals surface area contributed by atoms with Crippen molar-refractivity contribution in [2.45, 2.75) is 13.8 Å². The fourth-order valence-electron chi connectivity index (χ4n) is 2.79. The lowest BCUT2D eigenvalue weighted by molar-refractivity contribution is 0.102. The number of nitrogens with zero attached hydrogens (tertiary/aromatic N) is 4. The van der Waals surface area contributed by atoms with Crippen molar-refractivity contribution < 1.29 is 9.53 Å². The molecule has 0 aliphatic carbocycles. The Labute approximate surface area is 154 Å². The highest BCUT2D eigenvalue weighted by Crippen LogP contribution is 2.25. The number of anilines is 3. The lowest BCUT2D eigenvalue weighted by Gasteiger charge is -2.28. The summed E-state index contributed by atoms with van der Waals surface area (Å²) in [6, 6.07) is 5.67. The Morgan fingerprint density at radius 1 is 1.19 bits per heavy atom. The van der Waals surface area contributed by atoms with Gasteiger partial charge in [0.15, 0.2) is 5.82 Å². The van der Waals surface area contributed by atoms with Gasteiger partial charge in [-0.1, -0.05) is 6.07 Å². The van der Waals surface area contributed by atoms with Crippen LogP contribution in [0.25, 0.3) is 0 Å². The van der Waals surface area contributed by atoms with Gasteiger partial charge in [0.2, 0.25) is 5.95 Å². The molecule has 0 bridgehead atoms. The van der Waals surface area contributed by atoms with Crippen LogP contribution in [0.1, 0.15) is 21.5 Å². The topological polar surface area (TPSA) is 70.6 Å². The second-order valence-electron chi connectivity index (χ2n) is 6.65. The minimum absolute atomic E-state index is 0.168. The van der Waals surface area contributed by atoms with E-state index in [2.05, 4.69) is 20.2 Å². The highest BCUT2D eigenvalue weighted by atomic mass is 16.5. The van der Waals surface area contributed by atoms with Crippen molar-refractivity contribution in [1.29, 1.82) is 0 Å². The predicted octanol–water partition coefficient (Wildman–Crippen LogP) is 2.25. The average Bonchev–Trinajstić information content (AvgIpc) is 2.64. The van der Waals surface area contributed by atoms with Crippen molar-refractivity contribution >= 4 is 23.4 Å². The third-order valence-corrected chi connectivity index (χ3v) is 4.49. The van der Waals surface area contributed by atoms with E-state index in [0.29, 0.717) is 36.2 Å². The van der Waals surface area contributed by atoms with E-state index in [9.17, 15) is 4.79 Å². The molecule has 0 atom stereocenters. The summed E-state index contributed by atoms with van der Waals surface area (Å²) in [4.78, 5) is 25.7. The Hall–Kier alpha value is -2.67. The molecule has 2 aromatic rings. The number of hydrogen-bond acceptors (Lipinski definition) is 6. The monoisotopic (exact) mass is 355 g/mol. The molecular formula is C19H25N5O2. The minimum atomic E-state index is -0.168. The van der Waals surface area contributed by atoms with Gasteiger partial charge < -0.3 is 19.9 Å². The van der Waals surface area contributed by atoms with Gasteiger partial charge in [-0.25, -0.2) is 4.98 Å². The van der Waals surface area contributed by atoms with Crippen LogP contribution < -0.4 is 15.1 Å². The second kappa shape index (κ2) is 7.70. The predicted molar refractivity (Wildman–Crippen MR) is 103 cm³/mol. The summed E-state index contributed by atoms with van der Waals surface area (Å²) >= 11 is 0. The van der Waals surface area contributed by atoms with Gasteiger partial charge in [-0.15, -0.1) is 0 Å². The summed E-state index contributed by atoms with van der Waals surface area (Å²) in [6.45, 7) is 6.90. The lowest BCUT2D eigenvalue weighted by atomic mass is 10.1. The molecule has 1 aliphatic heterocycles. The van der Waals surface area contributed by atoms with Gasteiger partial charge >= 0.3 is 0 Å².